The molecule has 76 valence electrons. The van der Waals surface area contributed by atoms with Gasteiger partial charge in [-0.1, -0.05) is 0 Å². The molecule has 1 aromatic carbocycles. The van der Waals surface area contributed by atoms with E-state index >= 15 is 0 Å². The van der Waals surface area contributed by atoms with Gasteiger partial charge in [-0.15, -0.1) is 11.8 Å². The molecule has 0 aromatic heterocycles. The monoisotopic (exact) mass is 210 g/mol. The van der Waals surface area contributed by atoms with E-state index in [1.165, 1.54) is 5.56 Å². The van der Waals surface area contributed by atoms with Crippen LogP contribution in [0.4, 0.5) is 0 Å². The minimum Gasteiger partial charge on any atom is -0.506 e. The number of aryl methyl sites for hydroxylation is 1. The van der Waals surface area contributed by atoms with Crippen molar-refractivity contribution in [2.75, 3.05) is 12.9 Å². The fourth-order valence-electron chi connectivity index (χ4n) is 1.80. The average Bonchev–Trinajstić information content (AvgIpc) is 2.23. The third-order valence-corrected chi connectivity index (χ3v) is 3.33. The van der Waals surface area contributed by atoms with Crippen LogP contribution >= 0.6 is 11.8 Å². The smallest absolute Gasteiger partial charge is 0.135 e. The molecule has 0 fully saturated rings. The molecule has 1 aromatic rings. The zero-order valence-electron chi connectivity index (χ0n) is 8.46. The predicted octanol–water partition coefficient (Wildman–Crippen LogP) is 2.75. The largest absolute Gasteiger partial charge is 0.506 e. The summed E-state index contributed by atoms with van der Waals surface area (Å²) in [5, 5.41) is 9.85. The Labute approximate surface area is 88.3 Å². The lowest BCUT2D eigenvalue weighted by Gasteiger charge is -2.21. The van der Waals surface area contributed by atoms with E-state index in [2.05, 4.69) is 0 Å². The molecule has 3 heteroatoms. The second-order valence-corrected chi connectivity index (χ2v) is 4.34. The van der Waals surface area contributed by atoms with Crippen LogP contribution < -0.4 is 4.74 Å². The quantitative estimate of drug-likeness (QED) is 0.723. The van der Waals surface area contributed by atoms with Crippen molar-refractivity contribution in [1.29, 1.82) is 0 Å². The van der Waals surface area contributed by atoms with E-state index in [4.69, 9.17) is 4.74 Å². The maximum Gasteiger partial charge on any atom is 0.135 e. The summed E-state index contributed by atoms with van der Waals surface area (Å²) in [6.45, 7) is 2.69. The maximum atomic E-state index is 9.85. The zero-order valence-corrected chi connectivity index (χ0v) is 9.28. The highest BCUT2D eigenvalue weighted by molar-refractivity contribution is 7.98. The Balaban J connectivity index is 2.57. The molecule has 2 nitrogen and oxygen atoms in total. The lowest BCUT2D eigenvalue weighted by molar-refractivity contribution is 0.283. The molecule has 0 unspecified atom stereocenters. The first kappa shape index (κ1) is 9.71. The molecule has 0 aliphatic carbocycles. The molecular weight excluding hydrogens is 196 g/mol. The number of phenols is 1. The van der Waals surface area contributed by atoms with Gasteiger partial charge < -0.3 is 9.84 Å². The summed E-state index contributed by atoms with van der Waals surface area (Å²) >= 11 is 1.58. The molecule has 0 saturated heterocycles. The van der Waals surface area contributed by atoms with Crippen LogP contribution in [0.3, 0.4) is 0 Å². The first-order chi connectivity index (χ1) is 6.74. The number of hydrogen-bond acceptors (Lipinski definition) is 3. The Morgan fingerprint density at radius 2 is 2.29 bits per heavy atom. The molecule has 1 heterocycles. The SMILES string of the molecule is CSc1cc2c(c(C)c1O)OCCC2. The van der Waals surface area contributed by atoms with E-state index < -0.39 is 0 Å². The van der Waals surface area contributed by atoms with E-state index in [-0.39, 0.29) is 0 Å². The van der Waals surface area contributed by atoms with E-state index in [0.717, 1.165) is 35.7 Å². The van der Waals surface area contributed by atoms with Crippen molar-refractivity contribution in [1.82, 2.24) is 0 Å². The second kappa shape index (κ2) is 3.73. The summed E-state index contributed by atoms with van der Waals surface area (Å²) in [6, 6.07) is 2.04. The number of ether oxygens (including phenoxy) is 1. The first-order valence-corrected chi connectivity index (χ1v) is 5.98. The zero-order chi connectivity index (χ0) is 10.1. The first-order valence-electron chi connectivity index (χ1n) is 4.76. The molecule has 1 aliphatic rings. The van der Waals surface area contributed by atoms with Crippen LogP contribution in [-0.4, -0.2) is 18.0 Å². The fourth-order valence-corrected chi connectivity index (χ4v) is 2.41. The number of thioether (sulfide) groups is 1. The van der Waals surface area contributed by atoms with Crippen LogP contribution in [0.15, 0.2) is 11.0 Å². The van der Waals surface area contributed by atoms with Gasteiger partial charge in [0.15, 0.2) is 0 Å². The Kier molecular flexibility index (Phi) is 2.59. The van der Waals surface area contributed by atoms with Crippen LogP contribution in [0.25, 0.3) is 0 Å². The van der Waals surface area contributed by atoms with Gasteiger partial charge >= 0.3 is 0 Å². The standard InChI is InChI=1S/C11H14O2S/c1-7-10(12)9(14-2)6-8-4-3-5-13-11(7)8/h6,12H,3-5H2,1-2H3. The summed E-state index contributed by atoms with van der Waals surface area (Å²) in [5.41, 5.74) is 2.11. The van der Waals surface area contributed by atoms with Crippen LogP contribution in [0, 0.1) is 6.92 Å². The van der Waals surface area contributed by atoms with Gasteiger partial charge in [0.25, 0.3) is 0 Å². The molecule has 0 spiro atoms. The molecule has 14 heavy (non-hydrogen) atoms. The Morgan fingerprint density at radius 3 is 3.00 bits per heavy atom. The van der Waals surface area contributed by atoms with Crippen molar-refractivity contribution in [2.45, 2.75) is 24.7 Å². The van der Waals surface area contributed by atoms with Crippen molar-refractivity contribution in [2.24, 2.45) is 0 Å². The van der Waals surface area contributed by atoms with Gasteiger partial charge in [0, 0.05) is 10.5 Å². The third-order valence-electron chi connectivity index (χ3n) is 2.58. The van der Waals surface area contributed by atoms with E-state index in [1.807, 2.05) is 19.2 Å². The fraction of sp³-hybridized carbons (Fsp3) is 0.455. The van der Waals surface area contributed by atoms with Gasteiger partial charge in [-0.25, -0.2) is 0 Å². The average molecular weight is 210 g/mol. The van der Waals surface area contributed by atoms with Crippen molar-refractivity contribution < 1.29 is 9.84 Å². The summed E-state index contributed by atoms with van der Waals surface area (Å²) < 4.78 is 5.57. The Bertz CT molecular complexity index is 361. The summed E-state index contributed by atoms with van der Waals surface area (Å²) in [7, 11) is 0. The third kappa shape index (κ3) is 1.46. The second-order valence-electron chi connectivity index (χ2n) is 3.49. The summed E-state index contributed by atoms with van der Waals surface area (Å²) in [6.07, 6.45) is 4.11. The molecule has 1 aliphatic heterocycles. The number of benzene rings is 1. The number of aromatic hydroxyl groups is 1. The lowest BCUT2D eigenvalue weighted by Crippen LogP contribution is -2.09. The molecule has 0 saturated carbocycles. The maximum absolute atomic E-state index is 9.85. The molecule has 0 bridgehead atoms. The number of rotatable bonds is 1. The molecule has 0 radical (unpaired) electrons. The van der Waals surface area contributed by atoms with E-state index in [1.54, 1.807) is 11.8 Å². The molecule has 0 atom stereocenters. The van der Waals surface area contributed by atoms with Gasteiger partial charge in [-0.2, -0.15) is 0 Å². The summed E-state index contributed by atoms with van der Waals surface area (Å²) in [5.74, 6) is 1.27. The topological polar surface area (TPSA) is 29.5 Å². The van der Waals surface area contributed by atoms with Crippen LogP contribution in [0.1, 0.15) is 17.5 Å². The minimum atomic E-state index is 0.373. The highest BCUT2D eigenvalue weighted by Gasteiger charge is 2.18. The highest BCUT2D eigenvalue weighted by Crippen LogP contribution is 2.40. The van der Waals surface area contributed by atoms with Gasteiger partial charge in [-0.3, -0.25) is 0 Å². The van der Waals surface area contributed by atoms with E-state index in [0.29, 0.717) is 5.75 Å². The molecule has 0 amide bonds. The van der Waals surface area contributed by atoms with Crippen LogP contribution in [0.5, 0.6) is 11.5 Å². The van der Waals surface area contributed by atoms with Crippen LogP contribution in [0.2, 0.25) is 0 Å². The Morgan fingerprint density at radius 1 is 1.50 bits per heavy atom. The van der Waals surface area contributed by atoms with Crippen molar-refractivity contribution in [3.8, 4) is 11.5 Å². The molecule has 1 N–H and O–H groups in total. The van der Waals surface area contributed by atoms with Crippen molar-refractivity contribution in [3.63, 3.8) is 0 Å². The van der Waals surface area contributed by atoms with Crippen LogP contribution in [-0.2, 0) is 6.42 Å². The van der Waals surface area contributed by atoms with Crippen molar-refractivity contribution in [3.05, 3.63) is 17.2 Å². The van der Waals surface area contributed by atoms with Crippen molar-refractivity contribution >= 4 is 11.8 Å². The van der Waals surface area contributed by atoms with E-state index in [9.17, 15) is 5.11 Å². The highest BCUT2D eigenvalue weighted by atomic mass is 32.2. The number of fused-ring (bicyclic) bond motifs is 1. The van der Waals surface area contributed by atoms with Gasteiger partial charge in [-0.05, 0) is 37.7 Å². The predicted molar refractivity (Wildman–Crippen MR) is 58.4 cm³/mol. The normalized spacial score (nSPS) is 14.7. The Hall–Kier alpha value is -0.830. The number of phenolic OH excluding ortho intramolecular Hbond substituents is 1. The minimum absolute atomic E-state index is 0.373. The van der Waals surface area contributed by atoms with Gasteiger partial charge in [0.2, 0.25) is 0 Å². The van der Waals surface area contributed by atoms with Gasteiger partial charge in [0.1, 0.15) is 11.5 Å². The molecular formula is C11H14O2S. The number of hydrogen-bond donors (Lipinski definition) is 1. The summed E-state index contributed by atoms with van der Waals surface area (Å²) in [4.78, 5) is 0.951. The molecule has 2 rings (SSSR count). The van der Waals surface area contributed by atoms with Gasteiger partial charge in [0.05, 0.1) is 6.61 Å². The lowest BCUT2D eigenvalue weighted by atomic mass is 10.0.